The largest absolute Gasteiger partial charge is 0.492 e. The Morgan fingerprint density at radius 3 is 2.43 bits per heavy atom. The van der Waals surface area contributed by atoms with Gasteiger partial charge in [0, 0.05) is 13.1 Å². The van der Waals surface area contributed by atoms with Crippen molar-refractivity contribution in [2.24, 2.45) is 5.41 Å². The molecule has 0 unspecified atom stereocenters. The van der Waals surface area contributed by atoms with Crippen LogP contribution in [0.1, 0.15) is 26.2 Å². The average Bonchev–Trinajstić information content (AvgIpc) is 2.44. The van der Waals surface area contributed by atoms with Gasteiger partial charge in [-0.1, -0.05) is 13.3 Å². The topological polar surface area (TPSA) is 67.4 Å². The van der Waals surface area contributed by atoms with Gasteiger partial charge in [-0.2, -0.15) is 0 Å². The average molecular weight is 312 g/mol. The van der Waals surface area contributed by atoms with Gasteiger partial charge < -0.3 is 10.1 Å². The van der Waals surface area contributed by atoms with Crippen molar-refractivity contribution >= 4 is 10.0 Å². The highest BCUT2D eigenvalue weighted by atomic mass is 32.2. The highest BCUT2D eigenvalue weighted by molar-refractivity contribution is 7.89. The van der Waals surface area contributed by atoms with Crippen molar-refractivity contribution in [2.75, 3.05) is 26.7 Å². The third-order valence-electron chi connectivity index (χ3n) is 4.00. The molecule has 2 rings (SSSR count). The maximum atomic E-state index is 12.2. The molecule has 0 saturated heterocycles. The van der Waals surface area contributed by atoms with E-state index in [1.165, 1.54) is 6.42 Å². The number of hydrogen-bond acceptors (Lipinski definition) is 4. The molecule has 1 saturated carbocycles. The van der Waals surface area contributed by atoms with Crippen molar-refractivity contribution in [3.8, 4) is 5.75 Å². The molecular weight excluding hydrogens is 288 g/mol. The zero-order chi connectivity index (χ0) is 15.3. The summed E-state index contributed by atoms with van der Waals surface area (Å²) in [6.07, 6.45) is 3.37. The molecule has 1 aromatic rings. The first-order valence-electron chi connectivity index (χ1n) is 7.32. The molecule has 0 atom stereocenters. The maximum Gasteiger partial charge on any atom is 0.240 e. The molecule has 2 N–H and O–H groups in total. The van der Waals surface area contributed by atoms with Gasteiger partial charge in [0.15, 0.2) is 0 Å². The second kappa shape index (κ2) is 6.77. The fraction of sp³-hybridized carbons (Fsp3) is 0.600. The molecule has 118 valence electrons. The van der Waals surface area contributed by atoms with Crippen LogP contribution in [0.3, 0.4) is 0 Å². The monoisotopic (exact) mass is 312 g/mol. The molecule has 1 aromatic carbocycles. The van der Waals surface area contributed by atoms with Gasteiger partial charge in [-0.3, -0.25) is 0 Å². The lowest BCUT2D eigenvalue weighted by molar-refractivity contribution is 0.166. The first-order chi connectivity index (χ1) is 9.95. The summed E-state index contributed by atoms with van der Waals surface area (Å²) in [4.78, 5) is 0.284. The Bertz CT molecular complexity index is 551. The van der Waals surface area contributed by atoms with Gasteiger partial charge in [0.1, 0.15) is 12.4 Å². The molecule has 0 heterocycles. The summed E-state index contributed by atoms with van der Waals surface area (Å²) in [6, 6.07) is 6.55. The van der Waals surface area contributed by atoms with Crippen molar-refractivity contribution in [2.45, 2.75) is 31.1 Å². The first kappa shape index (κ1) is 16.3. The maximum absolute atomic E-state index is 12.2. The summed E-state index contributed by atoms with van der Waals surface area (Å²) in [5.41, 5.74) is 0.128. The van der Waals surface area contributed by atoms with Crippen molar-refractivity contribution in [1.82, 2.24) is 10.0 Å². The highest BCUT2D eigenvalue weighted by Gasteiger charge is 2.32. The van der Waals surface area contributed by atoms with E-state index >= 15 is 0 Å². The van der Waals surface area contributed by atoms with Crippen LogP contribution in [0.2, 0.25) is 0 Å². The molecule has 0 spiro atoms. The summed E-state index contributed by atoms with van der Waals surface area (Å²) in [5, 5.41) is 2.98. The lowest BCUT2D eigenvalue weighted by Crippen LogP contribution is -2.39. The molecule has 0 bridgehead atoms. The van der Waals surface area contributed by atoms with Crippen LogP contribution in [-0.2, 0) is 10.0 Å². The van der Waals surface area contributed by atoms with E-state index in [1.54, 1.807) is 24.3 Å². The van der Waals surface area contributed by atoms with Crippen LogP contribution >= 0.6 is 0 Å². The molecule has 5 nitrogen and oxygen atoms in total. The summed E-state index contributed by atoms with van der Waals surface area (Å²) in [5.74, 6) is 0.676. The van der Waals surface area contributed by atoms with Crippen LogP contribution in [0.25, 0.3) is 0 Å². The van der Waals surface area contributed by atoms with Gasteiger partial charge in [-0.25, -0.2) is 13.1 Å². The van der Waals surface area contributed by atoms with E-state index in [1.807, 2.05) is 7.05 Å². The number of benzene rings is 1. The van der Waals surface area contributed by atoms with Crippen molar-refractivity contribution in [3.63, 3.8) is 0 Å². The molecule has 21 heavy (non-hydrogen) atoms. The van der Waals surface area contributed by atoms with E-state index in [4.69, 9.17) is 4.74 Å². The molecule has 6 heteroatoms. The molecule has 0 radical (unpaired) electrons. The molecule has 1 fully saturated rings. The summed E-state index contributed by atoms with van der Waals surface area (Å²) in [7, 11) is -1.58. The smallest absolute Gasteiger partial charge is 0.240 e. The van der Waals surface area contributed by atoms with E-state index in [0.29, 0.717) is 18.9 Å². The lowest BCUT2D eigenvalue weighted by atomic mass is 9.71. The minimum atomic E-state index is -3.43. The van der Waals surface area contributed by atoms with E-state index in [2.05, 4.69) is 17.0 Å². The minimum Gasteiger partial charge on any atom is -0.492 e. The lowest BCUT2D eigenvalue weighted by Gasteiger charge is -2.38. The van der Waals surface area contributed by atoms with E-state index in [-0.39, 0.29) is 10.3 Å². The Kier molecular flexibility index (Phi) is 5.24. The Morgan fingerprint density at radius 2 is 1.90 bits per heavy atom. The van der Waals surface area contributed by atoms with Gasteiger partial charge in [0.25, 0.3) is 0 Å². The van der Waals surface area contributed by atoms with Gasteiger partial charge in [0.05, 0.1) is 4.90 Å². The zero-order valence-electron chi connectivity index (χ0n) is 12.7. The van der Waals surface area contributed by atoms with Gasteiger partial charge in [-0.15, -0.1) is 0 Å². The zero-order valence-corrected chi connectivity index (χ0v) is 13.5. The Balaban J connectivity index is 1.93. The summed E-state index contributed by atoms with van der Waals surface area (Å²) < 4.78 is 32.6. The molecule has 0 aromatic heterocycles. The SMILES string of the molecule is CNCCOc1ccc(S(=O)(=O)NCC2(C)CCC2)cc1. The van der Waals surface area contributed by atoms with Gasteiger partial charge >= 0.3 is 0 Å². The number of nitrogens with one attached hydrogen (secondary N) is 2. The molecular formula is C15H24N2O3S. The Hall–Kier alpha value is -1.11. The normalized spacial score (nSPS) is 17.2. The molecule has 0 amide bonds. The predicted octanol–water partition coefficient (Wildman–Crippen LogP) is 1.75. The third-order valence-corrected chi connectivity index (χ3v) is 5.42. The van der Waals surface area contributed by atoms with E-state index < -0.39 is 10.0 Å². The van der Waals surface area contributed by atoms with Crippen LogP contribution in [0, 0.1) is 5.41 Å². The molecule has 0 aliphatic heterocycles. The number of hydrogen-bond donors (Lipinski definition) is 2. The Labute approximate surface area is 127 Å². The predicted molar refractivity (Wildman–Crippen MR) is 83.0 cm³/mol. The molecule has 1 aliphatic carbocycles. The van der Waals surface area contributed by atoms with Crippen LogP contribution in [-0.4, -0.2) is 35.2 Å². The third kappa shape index (κ3) is 4.43. The van der Waals surface area contributed by atoms with Crippen LogP contribution < -0.4 is 14.8 Å². The van der Waals surface area contributed by atoms with Crippen LogP contribution in [0.4, 0.5) is 0 Å². The number of rotatable bonds is 8. The standard InChI is InChI=1S/C15H24N2O3S/c1-15(8-3-9-15)12-17-21(18,19)14-6-4-13(5-7-14)20-11-10-16-2/h4-7,16-17H,3,8-12H2,1-2H3. The van der Waals surface area contributed by atoms with E-state index in [9.17, 15) is 8.42 Å². The molecule has 1 aliphatic rings. The number of likely N-dealkylation sites (N-methyl/N-ethyl adjacent to an activating group) is 1. The van der Waals surface area contributed by atoms with Crippen molar-refractivity contribution in [3.05, 3.63) is 24.3 Å². The van der Waals surface area contributed by atoms with Crippen LogP contribution in [0.15, 0.2) is 29.2 Å². The quantitative estimate of drug-likeness (QED) is 0.718. The number of sulfonamides is 1. The second-order valence-corrected chi connectivity index (χ2v) is 7.68. The number of ether oxygens (including phenoxy) is 1. The fourth-order valence-corrected chi connectivity index (χ4v) is 3.50. The van der Waals surface area contributed by atoms with Crippen LogP contribution in [0.5, 0.6) is 5.75 Å². The first-order valence-corrected chi connectivity index (χ1v) is 8.81. The van der Waals surface area contributed by atoms with Crippen molar-refractivity contribution in [1.29, 1.82) is 0 Å². The van der Waals surface area contributed by atoms with E-state index in [0.717, 1.165) is 19.4 Å². The highest BCUT2D eigenvalue weighted by Crippen LogP contribution is 2.39. The Morgan fingerprint density at radius 1 is 1.24 bits per heavy atom. The van der Waals surface area contributed by atoms with Gasteiger partial charge in [-0.05, 0) is 49.6 Å². The van der Waals surface area contributed by atoms with Gasteiger partial charge in [0.2, 0.25) is 10.0 Å². The van der Waals surface area contributed by atoms with Crippen molar-refractivity contribution < 1.29 is 13.2 Å². The summed E-state index contributed by atoms with van der Waals surface area (Å²) in [6.45, 7) is 3.94. The fourth-order valence-electron chi connectivity index (χ4n) is 2.30. The summed E-state index contributed by atoms with van der Waals surface area (Å²) >= 11 is 0. The second-order valence-electron chi connectivity index (χ2n) is 5.91. The minimum absolute atomic E-state index is 0.128.